The molecule has 1 fully saturated rings. The lowest BCUT2D eigenvalue weighted by atomic mass is 9.92. The highest BCUT2D eigenvalue weighted by Gasteiger charge is 2.12. The molecule has 0 aliphatic carbocycles. The molecule has 0 spiro atoms. The molecule has 0 bridgehead atoms. The fourth-order valence-corrected chi connectivity index (χ4v) is 3.07. The van der Waals surface area contributed by atoms with Crippen molar-refractivity contribution in [3.63, 3.8) is 0 Å². The Morgan fingerprint density at radius 2 is 1.68 bits per heavy atom. The van der Waals surface area contributed by atoms with Crippen LogP contribution in [0.4, 0.5) is 0 Å². The van der Waals surface area contributed by atoms with Crippen LogP contribution in [0.1, 0.15) is 34.2 Å². The Hall–Kier alpha value is -0.860. The third-order valence-electron chi connectivity index (χ3n) is 4.63. The van der Waals surface area contributed by atoms with Gasteiger partial charge in [0.25, 0.3) is 0 Å². The fraction of sp³-hybridized carbons (Fsp3) is 0.647. The highest BCUT2D eigenvalue weighted by Crippen LogP contribution is 2.22. The molecule has 1 aromatic rings. The molecule has 106 valence electrons. The van der Waals surface area contributed by atoms with Crippen molar-refractivity contribution < 1.29 is 0 Å². The molecule has 1 saturated heterocycles. The van der Waals surface area contributed by atoms with Crippen LogP contribution < -0.4 is 5.32 Å². The Balaban J connectivity index is 2.06. The second-order valence-corrected chi connectivity index (χ2v) is 5.93. The molecule has 0 aromatic heterocycles. The summed E-state index contributed by atoms with van der Waals surface area (Å²) in [5, 5.41) is 3.47. The molecule has 0 radical (unpaired) electrons. The Bertz CT molecular complexity index is 403. The summed E-state index contributed by atoms with van der Waals surface area (Å²) in [6, 6.07) is 2.32. The fourth-order valence-electron chi connectivity index (χ4n) is 3.07. The van der Waals surface area contributed by atoms with Crippen molar-refractivity contribution in [1.82, 2.24) is 10.2 Å². The van der Waals surface area contributed by atoms with E-state index in [-0.39, 0.29) is 0 Å². The summed E-state index contributed by atoms with van der Waals surface area (Å²) >= 11 is 0. The highest BCUT2D eigenvalue weighted by atomic mass is 15.1. The second kappa shape index (κ2) is 6.53. The minimum absolute atomic E-state index is 1.14. The number of hydrogen-bond donors (Lipinski definition) is 1. The number of aryl methyl sites for hydroxylation is 2. The Kier molecular flexibility index (Phi) is 5.00. The summed E-state index contributed by atoms with van der Waals surface area (Å²) in [6.45, 7) is 15.0. The van der Waals surface area contributed by atoms with Crippen LogP contribution in [0, 0.1) is 27.7 Å². The number of hydrogen-bond acceptors (Lipinski definition) is 2. The third-order valence-corrected chi connectivity index (χ3v) is 4.63. The largest absolute Gasteiger partial charge is 0.315 e. The molecule has 0 unspecified atom stereocenters. The zero-order chi connectivity index (χ0) is 13.8. The summed E-state index contributed by atoms with van der Waals surface area (Å²) in [6.07, 6.45) is 2.48. The topological polar surface area (TPSA) is 15.3 Å². The van der Waals surface area contributed by atoms with Crippen molar-refractivity contribution in [3.8, 4) is 0 Å². The van der Waals surface area contributed by atoms with Gasteiger partial charge in [-0.2, -0.15) is 0 Å². The van der Waals surface area contributed by atoms with Crippen LogP contribution in [0.3, 0.4) is 0 Å². The van der Waals surface area contributed by atoms with Crippen molar-refractivity contribution in [3.05, 3.63) is 33.9 Å². The average Bonchev–Trinajstić information content (AvgIpc) is 2.65. The van der Waals surface area contributed by atoms with Gasteiger partial charge in [0.2, 0.25) is 0 Å². The number of nitrogens with one attached hydrogen (secondary N) is 1. The predicted octanol–water partition coefficient (Wildman–Crippen LogP) is 2.76. The quantitative estimate of drug-likeness (QED) is 0.899. The summed E-state index contributed by atoms with van der Waals surface area (Å²) in [4.78, 5) is 2.61. The van der Waals surface area contributed by atoms with Gasteiger partial charge < -0.3 is 10.2 Å². The molecule has 1 aromatic carbocycles. The first-order valence-electron chi connectivity index (χ1n) is 7.59. The van der Waals surface area contributed by atoms with Crippen molar-refractivity contribution >= 4 is 0 Å². The normalized spacial score (nSPS) is 17.5. The molecular formula is C17H28N2. The van der Waals surface area contributed by atoms with Crippen LogP contribution in [0.5, 0.6) is 0 Å². The second-order valence-electron chi connectivity index (χ2n) is 5.93. The van der Waals surface area contributed by atoms with E-state index < -0.39 is 0 Å². The van der Waals surface area contributed by atoms with Crippen molar-refractivity contribution in [2.75, 3.05) is 32.7 Å². The highest BCUT2D eigenvalue weighted by molar-refractivity contribution is 5.44. The standard InChI is InChI=1S/C17H28N2/c1-13-12-14(2)16(4)17(15(13)3)6-10-19-9-5-7-18-8-11-19/h12,18H,5-11H2,1-4H3. The lowest BCUT2D eigenvalue weighted by Gasteiger charge is -2.22. The first-order chi connectivity index (χ1) is 9.09. The molecule has 1 N–H and O–H groups in total. The van der Waals surface area contributed by atoms with E-state index in [1.807, 2.05) is 0 Å². The van der Waals surface area contributed by atoms with Gasteiger partial charge in [-0.3, -0.25) is 0 Å². The van der Waals surface area contributed by atoms with E-state index >= 15 is 0 Å². The monoisotopic (exact) mass is 260 g/mol. The molecular weight excluding hydrogens is 232 g/mol. The zero-order valence-corrected chi connectivity index (χ0v) is 13.0. The van der Waals surface area contributed by atoms with Crippen LogP contribution in [-0.2, 0) is 6.42 Å². The van der Waals surface area contributed by atoms with Crippen LogP contribution >= 0.6 is 0 Å². The molecule has 2 rings (SSSR count). The number of benzene rings is 1. The summed E-state index contributed by atoms with van der Waals surface area (Å²) in [5.74, 6) is 0. The molecule has 1 aliphatic heterocycles. The van der Waals surface area contributed by atoms with Gasteiger partial charge in [-0.15, -0.1) is 0 Å². The van der Waals surface area contributed by atoms with E-state index in [0.717, 1.165) is 6.54 Å². The molecule has 19 heavy (non-hydrogen) atoms. The minimum atomic E-state index is 1.14. The maximum absolute atomic E-state index is 3.47. The van der Waals surface area contributed by atoms with Crippen LogP contribution in [-0.4, -0.2) is 37.6 Å². The first-order valence-corrected chi connectivity index (χ1v) is 7.59. The smallest absolute Gasteiger partial charge is 0.0107 e. The third kappa shape index (κ3) is 3.58. The summed E-state index contributed by atoms with van der Waals surface area (Å²) in [5.41, 5.74) is 7.45. The van der Waals surface area contributed by atoms with Gasteiger partial charge in [0.1, 0.15) is 0 Å². The molecule has 0 atom stereocenters. The van der Waals surface area contributed by atoms with Crippen LogP contribution in [0.15, 0.2) is 6.07 Å². The zero-order valence-electron chi connectivity index (χ0n) is 13.0. The minimum Gasteiger partial charge on any atom is -0.315 e. The first kappa shape index (κ1) is 14.5. The maximum Gasteiger partial charge on any atom is 0.0107 e. The maximum atomic E-state index is 3.47. The summed E-state index contributed by atoms with van der Waals surface area (Å²) < 4.78 is 0. The van der Waals surface area contributed by atoms with E-state index in [0.29, 0.717) is 0 Å². The molecule has 0 saturated carbocycles. The van der Waals surface area contributed by atoms with Gasteiger partial charge in [0, 0.05) is 19.6 Å². The van der Waals surface area contributed by atoms with E-state index in [2.05, 4.69) is 44.0 Å². The Morgan fingerprint density at radius 1 is 1.00 bits per heavy atom. The van der Waals surface area contributed by atoms with Gasteiger partial charge in [-0.1, -0.05) is 6.07 Å². The predicted molar refractivity (Wildman–Crippen MR) is 83.0 cm³/mol. The van der Waals surface area contributed by atoms with E-state index in [4.69, 9.17) is 0 Å². The van der Waals surface area contributed by atoms with Gasteiger partial charge in [-0.05, 0) is 81.4 Å². The van der Waals surface area contributed by atoms with E-state index in [9.17, 15) is 0 Å². The van der Waals surface area contributed by atoms with E-state index in [1.165, 1.54) is 61.3 Å². The lowest BCUT2D eigenvalue weighted by Crippen LogP contribution is -2.30. The van der Waals surface area contributed by atoms with Gasteiger partial charge >= 0.3 is 0 Å². The Labute approximate surface area is 118 Å². The van der Waals surface area contributed by atoms with Gasteiger partial charge in [0.15, 0.2) is 0 Å². The molecule has 1 heterocycles. The molecule has 1 aliphatic rings. The number of rotatable bonds is 3. The van der Waals surface area contributed by atoms with E-state index in [1.54, 1.807) is 5.56 Å². The van der Waals surface area contributed by atoms with Gasteiger partial charge in [0.05, 0.1) is 0 Å². The number of nitrogens with zero attached hydrogens (tertiary/aromatic N) is 1. The molecule has 2 nitrogen and oxygen atoms in total. The summed E-state index contributed by atoms with van der Waals surface area (Å²) in [7, 11) is 0. The average molecular weight is 260 g/mol. The van der Waals surface area contributed by atoms with Crippen molar-refractivity contribution in [2.45, 2.75) is 40.5 Å². The van der Waals surface area contributed by atoms with Crippen LogP contribution in [0.2, 0.25) is 0 Å². The molecule has 2 heteroatoms. The SMILES string of the molecule is Cc1cc(C)c(C)c(CCN2CCCNCC2)c1C. The van der Waals surface area contributed by atoms with Crippen LogP contribution in [0.25, 0.3) is 0 Å². The Morgan fingerprint density at radius 3 is 2.37 bits per heavy atom. The van der Waals surface area contributed by atoms with Crippen molar-refractivity contribution in [2.24, 2.45) is 0 Å². The lowest BCUT2D eigenvalue weighted by molar-refractivity contribution is 0.296. The molecule has 0 amide bonds. The van der Waals surface area contributed by atoms with Crippen molar-refractivity contribution in [1.29, 1.82) is 0 Å². The van der Waals surface area contributed by atoms with Gasteiger partial charge in [-0.25, -0.2) is 0 Å².